The molecule has 1 aromatic carbocycles. The number of guanidine groups is 1. The average molecular weight is 250 g/mol. The van der Waals surface area contributed by atoms with Crippen molar-refractivity contribution in [2.75, 3.05) is 7.11 Å². The van der Waals surface area contributed by atoms with Crippen molar-refractivity contribution in [3.8, 4) is 5.75 Å². The molecule has 0 saturated heterocycles. The second-order valence-corrected chi connectivity index (χ2v) is 4.37. The van der Waals surface area contributed by atoms with Crippen molar-refractivity contribution in [3.05, 3.63) is 29.8 Å². The number of rotatable bonds is 4. The van der Waals surface area contributed by atoms with Gasteiger partial charge in [-0.3, -0.25) is 5.43 Å². The topological polar surface area (TPSA) is 71.7 Å². The number of ether oxygens (including phenoxy) is 1. The molecular formula is C13H22N4O. The van der Waals surface area contributed by atoms with E-state index in [0.29, 0.717) is 5.96 Å². The molecule has 1 atom stereocenters. The smallest absolute Gasteiger partial charge is 0.206 e. The molecule has 0 aromatic heterocycles. The fraction of sp³-hybridized carbons (Fsp3) is 0.462. The molecule has 0 aliphatic heterocycles. The van der Waals surface area contributed by atoms with Crippen LogP contribution in [0.2, 0.25) is 0 Å². The molecule has 0 heterocycles. The minimum absolute atomic E-state index is 0.0215. The van der Waals surface area contributed by atoms with Crippen molar-refractivity contribution in [2.24, 2.45) is 10.8 Å². The Morgan fingerprint density at radius 2 is 1.83 bits per heavy atom. The number of nitrogens with zero attached hydrogens (tertiary/aromatic N) is 1. The van der Waals surface area contributed by atoms with Gasteiger partial charge in [-0.25, -0.2) is 10.8 Å². The zero-order valence-corrected chi connectivity index (χ0v) is 11.4. The molecule has 0 saturated carbocycles. The highest BCUT2D eigenvalue weighted by Crippen LogP contribution is 2.19. The van der Waals surface area contributed by atoms with Crippen LogP contribution in [0.1, 0.15) is 32.4 Å². The van der Waals surface area contributed by atoms with Gasteiger partial charge >= 0.3 is 0 Å². The Kier molecular flexibility index (Phi) is 5.45. The Labute approximate surface area is 108 Å². The summed E-state index contributed by atoms with van der Waals surface area (Å²) in [7, 11) is 1.65. The predicted octanol–water partition coefficient (Wildman–Crippen LogP) is 1.57. The largest absolute Gasteiger partial charge is 0.497 e. The minimum atomic E-state index is 0.0215. The summed E-state index contributed by atoms with van der Waals surface area (Å²) in [6.45, 7) is 6.08. The van der Waals surface area contributed by atoms with Gasteiger partial charge in [-0.1, -0.05) is 12.1 Å². The van der Waals surface area contributed by atoms with Crippen LogP contribution in [0.25, 0.3) is 0 Å². The third-order valence-electron chi connectivity index (χ3n) is 2.48. The molecule has 0 aliphatic carbocycles. The Morgan fingerprint density at radius 1 is 1.22 bits per heavy atom. The molecule has 0 bridgehead atoms. The Hall–Kier alpha value is -1.75. The van der Waals surface area contributed by atoms with Crippen molar-refractivity contribution in [2.45, 2.75) is 32.9 Å². The maximum Gasteiger partial charge on any atom is 0.206 e. The fourth-order valence-electron chi connectivity index (χ4n) is 1.54. The molecule has 1 aromatic rings. The van der Waals surface area contributed by atoms with Gasteiger partial charge in [0, 0.05) is 6.04 Å². The average Bonchev–Trinajstić information content (AvgIpc) is 2.37. The van der Waals surface area contributed by atoms with E-state index in [1.54, 1.807) is 7.11 Å². The molecule has 0 spiro atoms. The molecule has 4 N–H and O–H groups in total. The van der Waals surface area contributed by atoms with E-state index in [4.69, 9.17) is 10.6 Å². The van der Waals surface area contributed by atoms with Crippen LogP contribution < -0.4 is 21.3 Å². The summed E-state index contributed by atoms with van der Waals surface area (Å²) in [5, 5.41) is 3.14. The van der Waals surface area contributed by atoms with Crippen LogP contribution >= 0.6 is 0 Å². The normalized spacial score (nSPS) is 13.3. The van der Waals surface area contributed by atoms with Crippen molar-refractivity contribution >= 4 is 5.96 Å². The summed E-state index contributed by atoms with van der Waals surface area (Å²) < 4.78 is 5.12. The highest BCUT2D eigenvalue weighted by atomic mass is 16.5. The molecule has 0 amide bonds. The van der Waals surface area contributed by atoms with Crippen LogP contribution in [-0.2, 0) is 0 Å². The predicted molar refractivity (Wildman–Crippen MR) is 74.4 cm³/mol. The molecule has 5 nitrogen and oxygen atoms in total. The van der Waals surface area contributed by atoms with Crippen molar-refractivity contribution in [3.63, 3.8) is 0 Å². The van der Waals surface area contributed by atoms with E-state index in [9.17, 15) is 0 Å². The van der Waals surface area contributed by atoms with E-state index < -0.39 is 0 Å². The highest BCUT2D eigenvalue weighted by Gasteiger charge is 2.06. The van der Waals surface area contributed by atoms with E-state index in [0.717, 1.165) is 11.3 Å². The number of hydrogen-bond acceptors (Lipinski definition) is 3. The van der Waals surface area contributed by atoms with Crippen molar-refractivity contribution in [1.29, 1.82) is 0 Å². The van der Waals surface area contributed by atoms with Crippen LogP contribution in [0, 0.1) is 0 Å². The molecule has 0 radical (unpaired) electrons. The molecule has 5 heteroatoms. The first-order valence-electron chi connectivity index (χ1n) is 6.01. The second-order valence-electron chi connectivity index (χ2n) is 4.37. The third kappa shape index (κ3) is 4.25. The van der Waals surface area contributed by atoms with Gasteiger partial charge < -0.3 is 10.1 Å². The Balaban J connectivity index is 2.78. The molecule has 100 valence electrons. The van der Waals surface area contributed by atoms with Crippen LogP contribution in [0.3, 0.4) is 0 Å². The molecule has 18 heavy (non-hydrogen) atoms. The summed E-state index contributed by atoms with van der Waals surface area (Å²) in [5.41, 5.74) is 3.68. The van der Waals surface area contributed by atoms with Gasteiger partial charge in [0.25, 0.3) is 0 Å². The van der Waals surface area contributed by atoms with E-state index in [1.165, 1.54) is 0 Å². The molecular weight excluding hydrogens is 228 g/mol. The highest BCUT2D eigenvalue weighted by molar-refractivity contribution is 5.79. The summed E-state index contributed by atoms with van der Waals surface area (Å²) in [5.74, 6) is 6.86. The molecule has 1 rings (SSSR count). The van der Waals surface area contributed by atoms with Crippen molar-refractivity contribution in [1.82, 2.24) is 10.7 Å². The Morgan fingerprint density at radius 3 is 2.28 bits per heavy atom. The number of nitrogens with two attached hydrogens (primary N) is 1. The minimum Gasteiger partial charge on any atom is -0.497 e. The van der Waals surface area contributed by atoms with Gasteiger partial charge in [-0.15, -0.1) is 0 Å². The zero-order valence-electron chi connectivity index (χ0n) is 11.4. The zero-order chi connectivity index (χ0) is 13.5. The fourth-order valence-corrected chi connectivity index (χ4v) is 1.54. The van der Waals surface area contributed by atoms with Crippen LogP contribution in [-0.4, -0.2) is 19.1 Å². The first-order chi connectivity index (χ1) is 8.56. The number of aliphatic imine (C=N–C) groups is 1. The van der Waals surface area contributed by atoms with Gasteiger partial charge in [-0.05, 0) is 38.5 Å². The number of hydrogen-bond donors (Lipinski definition) is 3. The van der Waals surface area contributed by atoms with Crippen LogP contribution in [0.5, 0.6) is 5.75 Å². The van der Waals surface area contributed by atoms with Crippen molar-refractivity contribution < 1.29 is 4.74 Å². The lowest BCUT2D eigenvalue weighted by atomic mass is 10.1. The monoisotopic (exact) mass is 250 g/mol. The summed E-state index contributed by atoms with van der Waals surface area (Å²) in [4.78, 5) is 4.49. The molecule has 1 unspecified atom stereocenters. The van der Waals surface area contributed by atoms with Gasteiger partial charge in [0.15, 0.2) is 0 Å². The second kappa shape index (κ2) is 6.86. The van der Waals surface area contributed by atoms with Gasteiger partial charge in [0.2, 0.25) is 5.96 Å². The van der Waals surface area contributed by atoms with Gasteiger partial charge in [0.1, 0.15) is 5.75 Å². The molecule has 0 fully saturated rings. The number of benzene rings is 1. The summed E-state index contributed by atoms with van der Waals surface area (Å²) >= 11 is 0. The standard InChI is InChI=1S/C13H22N4O/c1-9(2)15-13(17-14)16-10(3)11-5-7-12(18-4)8-6-11/h5-10H,14H2,1-4H3,(H2,15,16,17). The van der Waals surface area contributed by atoms with E-state index in [-0.39, 0.29) is 12.1 Å². The lowest BCUT2D eigenvalue weighted by Crippen LogP contribution is -2.44. The lowest BCUT2D eigenvalue weighted by molar-refractivity contribution is 0.414. The first-order valence-corrected chi connectivity index (χ1v) is 6.01. The van der Waals surface area contributed by atoms with Crippen LogP contribution in [0.15, 0.2) is 29.3 Å². The number of hydrazine groups is 1. The Bertz CT molecular complexity index is 386. The first kappa shape index (κ1) is 14.3. The van der Waals surface area contributed by atoms with E-state index in [1.807, 2.05) is 45.0 Å². The van der Waals surface area contributed by atoms with Gasteiger partial charge in [0.05, 0.1) is 13.2 Å². The molecule has 0 aliphatic rings. The quantitative estimate of drug-likeness (QED) is 0.328. The lowest BCUT2D eigenvalue weighted by Gasteiger charge is -2.15. The van der Waals surface area contributed by atoms with Crippen LogP contribution in [0.4, 0.5) is 0 Å². The number of nitrogens with one attached hydrogen (secondary N) is 2. The van der Waals surface area contributed by atoms with E-state index in [2.05, 4.69) is 15.7 Å². The van der Waals surface area contributed by atoms with Gasteiger partial charge in [-0.2, -0.15) is 0 Å². The SMILES string of the molecule is COc1ccc(C(C)N=C(NN)NC(C)C)cc1. The maximum absolute atomic E-state index is 5.43. The third-order valence-corrected chi connectivity index (χ3v) is 2.48. The number of methoxy groups -OCH3 is 1. The maximum atomic E-state index is 5.43. The summed E-state index contributed by atoms with van der Waals surface area (Å²) in [6.07, 6.45) is 0. The summed E-state index contributed by atoms with van der Waals surface area (Å²) in [6, 6.07) is 8.14. The van der Waals surface area contributed by atoms with E-state index >= 15 is 0 Å².